The maximum atomic E-state index is 12.8. The Morgan fingerprint density at radius 2 is 1.53 bits per heavy atom. The first-order valence-electron chi connectivity index (χ1n) is 11.4. The molecule has 2 aromatic rings. The second-order valence-corrected chi connectivity index (χ2v) is 8.96. The number of nitrogens with one attached hydrogen (secondary N) is 1. The first-order chi connectivity index (χ1) is 15.4. The smallest absolute Gasteiger partial charge is 0.222 e. The van der Waals surface area contributed by atoms with Crippen molar-refractivity contribution in [2.24, 2.45) is 0 Å². The fourth-order valence-corrected chi connectivity index (χ4v) is 4.79. The number of hydrogen-bond donors (Lipinski definition) is 1. The van der Waals surface area contributed by atoms with E-state index in [4.69, 9.17) is 0 Å². The Bertz CT molecular complexity index is 966. The van der Waals surface area contributed by atoms with E-state index in [0.717, 1.165) is 18.4 Å². The molecule has 0 aliphatic carbocycles. The number of carbonyl (C=O) groups excluding carboxylic acids is 3. The number of amides is 3. The Labute approximate surface area is 189 Å². The van der Waals surface area contributed by atoms with Gasteiger partial charge in [0.25, 0.3) is 0 Å². The highest BCUT2D eigenvalue weighted by molar-refractivity contribution is 5.80. The Hall–Kier alpha value is -3.15. The van der Waals surface area contributed by atoms with Crippen molar-refractivity contribution in [3.63, 3.8) is 0 Å². The number of carbonyl (C=O) groups is 3. The van der Waals surface area contributed by atoms with Crippen LogP contribution in [0.5, 0.6) is 0 Å². The molecular formula is C26H31N3O3. The van der Waals surface area contributed by atoms with E-state index in [9.17, 15) is 14.4 Å². The molecule has 0 radical (unpaired) electrons. The third kappa shape index (κ3) is 5.18. The molecule has 0 aromatic heterocycles. The molecule has 0 saturated carbocycles. The van der Waals surface area contributed by atoms with Crippen LogP contribution in [0.3, 0.4) is 0 Å². The quantitative estimate of drug-likeness (QED) is 0.761. The van der Waals surface area contributed by atoms with Gasteiger partial charge in [-0.05, 0) is 36.0 Å². The normalized spacial score (nSPS) is 20.8. The van der Waals surface area contributed by atoms with Crippen molar-refractivity contribution in [3.05, 3.63) is 60.2 Å². The second kappa shape index (κ2) is 9.55. The van der Waals surface area contributed by atoms with Crippen LogP contribution in [-0.4, -0.2) is 59.2 Å². The molecule has 6 heteroatoms. The fraction of sp³-hybridized carbons (Fsp3) is 0.423. The summed E-state index contributed by atoms with van der Waals surface area (Å²) in [4.78, 5) is 40.0. The lowest BCUT2D eigenvalue weighted by Gasteiger charge is -2.35. The Balaban J connectivity index is 1.38. The van der Waals surface area contributed by atoms with Crippen LogP contribution in [0, 0.1) is 0 Å². The minimum atomic E-state index is -0.373. The van der Waals surface area contributed by atoms with Crippen LogP contribution in [0.25, 0.3) is 11.1 Å². The van der Waals surface area contributed by atoms with Crippen molar-refractivity contribution in [1.82, 2.24) is 15.1 Å². The van der Waals surface area contributed by atoms with Crippen molar-refractivity contribution in [2.45, 2.75) is 44.6 Å². The average molecular weight is 434 g/mol. The molecule has 4 rings (SSSR count). The molecule has 168 valence electrons. The van der Waals surface area contributed by atoms with Gasteiger partial charge in [-0.2, -0.15) is 0 Å². The van der Waals surface area contributed by atoms with E-state index in [0.29, 0.717) is 45.4 Å². The van der Waals surface area contributed by atoms with Crippen LogP contribution < -0.4 is 5.32 Å². The van der Waals surface area contributed by atoms with Crippen LogP contribution in [0.4, 0.5) is 0 Å². The number of rotatable bonds is 6. The molecule has 32 heavy (non-hydrogen) atoms. The van der Waals surface area contributed by atoms with E-state index < -0.39 is 0 Å². The SMILES string of the molecule is CC(=O)N1CCN(C(=O)CC[C@@]2(Cc3ccc(-c4ccccc4)cc3)CCC(=O)N2)CC1. The zero-order chi connectivity index (χ0) is 22.6. The van der Waals surface area contributed by atoms with Gasteiger partial charge in [-0.15, -0.1) is 0 Å². The van der Waals surface area contributed by atoms with Crippen molar-refractivity contribution >= 4 is 17.7 Å². The zero-order valence-corrected chi connectivity index (χ0v) is 18.7. The number of hydrogen-bond acceptors (Lipinski definition) is 3. The Kier molecular flexibility index (Phi) is 6.58. The van der Waals surface area contributed by atoms with Gasteiger partial charge in [0.05, 0.1) is 0 Å². The van der Waals surface area contributed by atoms with Crippen molar-refractivity contribution < 1.29 is 14.4 Å². The molecule has 3 amide bonds. The van der Waals surface area contributed by atoms with Gasteiger partial charge in [-0.1, -0.05) is 54.6 Å². The fourth-order valence-electron chi connectivity index (χ4n) is 4.79. The molecule has 6 nitrogen and oxygen atoms in total. The molecule has 1 N–H and O–H groups in total. The molecule has 1 atom stereocenters. The number of benzene rings is 2. The molecule has 2 aliphatic heterocycles. The number of piperazine rings is 1. The zero-order valence-electron chi connectivity index (χ0n) is 18.7. The molecule has 2 aliphatic rings. The molecule has 2 saturated heterocycles. The Morgan fingerprint density at radius 1 is 0.906 bits per heavy atom. The first-order valence-corrected chi connectivity index (χ1v) is 11.4. The standard InChI is InChI=1S/C26H31N3O3/c1-20(30)28-15-17-29(18-16-28)25(32)12-14-26(13-11-24(31)27-26)19-21-7-9-23(10-8-21)22-5-3-2-4-6-22/h2-10H,11-19H2,1H3,(H,27,31)/t26-/m1/s1. The van der Waals surface area contributed by atoms with E-state index in [1.165, 1.54) is 11.1 Å². The average Bonchev–Trinajstić information content (AvgIpc) is 3.19. The van der Waals surface area contributed by atoms with E-state index in [-0.39, 0.29) is 23.3 Å². The molecule has 0 unspecified atom stereocenters. The van der Waals surface area contributed by atoms with Crippen LogP contribution in [-0.2, 0) is 20.8 Å². The lowest BCUT2D eigenvalue weighted by molar-refractivity contribution is -0.138. The van der Waals surface area contributed by atoms with Crippen LogP contribution in [0.2, 0.25) is 0 Å². The maximum Gasteiger partial charge on any atom is 0.222 e. The van der Waals surface area contributed by atoms with Crippen LogP contribution in [0.15, 0.2) is 54.6 Å². The summed E-state index contributed by atoms with van der Waals surface area (Å²) in [5.74, 6) is 0.226. The maximum absolute atomic E-state index is 12.8. The predicted molar refractivity (Wildman–Crippen MR) is 124 cm³/mol. The summed E-state index contributed by atoms with van der Waals surface area (Å²) in [6.45, 7) is 3.92. The third-order valence-corrected chi connectivity index (χ3v) is 6.73. The van der Waals surface area contributed by atoms with Crippen LogP contribution >= 0.6 is 0 Å². The summed E-state index contributed by atoms with van der Waals surface area (Å²) < 4.78 is 0. The molecule has 0 spiro atoms. The highest BCUT2D eigenvalue weighted by Gasteiger charge is 2.38. The predicted octanol–water partition coefficient (Wildman–Crippen LogP) is 3.02. The van der Waals surface area contributed by atoms with Gasteiger partial charge in [-0.3, -0.25) is 14.4 Å². The minimum absolute atomic E-state index is 0.0583. The van der Waals surface area contributed by atoms with E-state index >= 15 is 0 Å². The van der Waals surface area contributed by atoms with Gasteiger partial charge in [-0.25, -0.2) is 0 Å². The first kappa shape index (κ1) is 22.1. The van der Waals surface area contributed by atoms with E-state index in [2.05, 4.69) is 41.7 Å². The third-order valence-electron chi connectivity index (χ3n) is 6.73. The minimum Gasteiger partial charge on any atom is -0.350 e. The monoisotopic (exact) mass is 433 g/mol. The van der Waals surface area contributed by atoms with E-state index in [1.807, 2.05) is 23.1 Å². The summed E-state index contributed by atoms with van der Waals surface area (Å²) >= 11 is 0. The second-order valence-electron chi connectivity index (χ2n) is 8.96. The van der Waals surface area contributed by atoms with Gasteiger partial charge in [0, 0.05) is 51.5 Å². The highest BCUT2D eigenvalue weighted by atomic mass is 16.2. The highest BCUT2D eigenvalue weighted by Crippen LogP contribution is 2.31. The number of nitrogens with zero attached hydrogens (tertiary/aromatic N) is 2. The van der Waals surface area contributed by atoms with Gasteiger partial charge < -0.3 is 15.1 Å². The van der Waals surface area contributed by atoms with E-state index in [1.54, 1.807) is 11.8 Å². The molecular weight excluding hydrogens is 402 g/mol. The largest absolute Gasteiger partial charge is 0.350 e. The Morgan fingerprint density at radius 3 is 2.12 bits per heavy atom. The van der Waals surface area contributed by atoms with Gasteiger partial charge in [0.15, 0.2) is 0 Å². The summed E-state index contributed by atoms with van der Waals surface area (Å²) in [5.41, 5.74) is 3.13. The summed E-state index contributed by atoms with van der Waals surface area (Å²) in [7, 11) is 0. The molecule has 2 fully saturated rings. The van der Waals surface area contributed by atoms with Crippen molar-refractivity contribution in [3.8, 4) is 11.1 Å². The molecule has 0 bridgehead atoms. The van der Waals surface area contributed by atoms with Crippen molar-refractivity contribution in [1.29, 1.82) is 0 Å². The lowest BCUT2D eigenvalue weighted by atomic mass is 9.84. The van der Waals surface area contributed by atoms with Gasteiger partial charge in [0.2, 0.25) is 17.7 Å². The van der Waals surface area contributed by atoms with Crippen molar-refractivity contribution in [2.75, 3.05) is 26.2 Å². The van der Waals surface area contributed by atoms with Gasteiger partial charge >= 0.3 is 0 Å². The molecule has 2 heterocycles. The summed E-state index contributed by atoms with van der Waals surface area (Å²) in [5, 5.41) is 3.18. The molecule has 2 aromatic carbocycles. The van der Waals surface area contributed by atoms with Crippen LogP contribution in [0.1, 0.15) is 38.2 Å². The summed E-state index contributed by atoms with van der Waals surface area (Å²) in [6, 6.07) is 18.7. The van der Waals surface area contributed by atoms with Gasteiger partial charge in [0.1, 0.15) is 0 Å². The lowest BCUT2D eigenvalue weighted by Crippen LogP contribution is -2.51. The topological polar surface area (TPSA) is 69.7 Å². The summed E-state index contributed by atoms with van der Waals surface area (Å²) in [6.07, 6.45) is 3.01.